The van der Waals surface area contributed by atoms with Crippen molar-refractivity contribution in [1.82, 2.24) is 0 Å². The predicted octanol–water partition coefficient (Wildman–Crippen LogP) is 5.35. The number of benzene rings is 4. The summed E-state index contributed by atoms with van der Waals surface area (Å²) < 4.78 is 29.3. The summed E-state index contributed by atoms with van der Waals surface area (Å²) in [7, 11) is 0. The van der Waals surface area contributed by atoms with Gasteiger partial charge in [0.1, 0.15) is 12.7 Å². The molecule has 1 saturated heterocycles. The number of carbonyl (C=O) groups is 4. The van der Waals surface area contributed by atoms with E-state index in [9.17, 15) is 19.2 Å². The van der Waals surface area contributed by atoms with Crippen LogP contribution in [-0.2, 0) is 23.7 Å². The number of hydrogen-bond acceptors (Lipinski definition) is 11. The number of hydrogen-bond donors (Lipinski definition) is 0. The van der Waals surface area contributed by atoms with Crippen LogP contribution in [-0.4, -0.2) is 66.3 Å². The van der Waals surface area contributed by atoms with Gasteiger partial charge < -0.3 is 23.7 Å². The number of isothiocyanates is 1. The van der Waals surface area contributed by atoms with E-state index in [0.29, 0.717) is 0 Å². The Labute approximate surface area is 269 Å². The van der Waals surface area contributed by atoms with Gasteiger partial charge >= 0.3 is 23.9 Å². The lowest BCUT2D eigenvalue weighted by Gasteiger charge is -2.43. The van der Waals surface area contributed by atoms with Crippen LogP contribution in [0.1, 0.15) is 41.4 Å². The SMILES string of the molecule is O=C(OC[C@H]1O[C@H](N=C=S)[C@@H](OC(=O)c2ccccc2)[C@@H](OC(=O)c2ccccc2)[C@@H]1OC(=O)c1ccccc1)c1ccccc1. The maximum absolute atomic E-state index is 13.4. The van der Waals surface area contributed by atoms with E-state index < -0.39 is 61.1 Å². The average Bonchev–Trinajstić information content (AvgIpc) is 3.11. The third kappa shape index (κ3) is 7.96. The molecule has 5 rings (SSSR count). The normalized spacial score (nSPS) is 20.3. The fourth-order valence-electron chi connectivity index (χ4n) is 4.70. The number of ether oxygens (including phenoxy) is 5. The molecule has 0 bridgehead atoms. The first-order valence-corrected chi connectivity index (χ1v) is 14.6. The molecule has 0 spiro atoms. The molecule has 0 aliphatic carbocycles. The van der Waals surface area contributed by atoms with Gasteiger partial charge in [0, 0.05) is 0 Å². The van der Waals surface area contributed by atoms with Crippen LogP contribution in [0.25, 0.3) is 0 Å². The Kier molecular flexibility index (Phi) is 10.8. The summed E-state index contributed by atoms with van der Waals surface area (Å²) in [5.74, 6) is -3.07. The second-order valence-corrected chi connectivity index (χ2v) is 10.1. The summed E-state index contributed by atoms with van der Waals surface area (Å²) in [6.45, 7) is -0.456. The van der Waals surface area contributed by atoms with Crippen LogP contribution in [0.5, 0.6) is 0 Å². The van der Waals surface area contributed by atoms with Gasteiger partial charge in [-0.15, -0.1) is 0 Å². The highest BCUT2D eigenvalue weighted by Gasteiger charge is 2.53. The Hall–Kier alpha value is -5.48. The molecule has 0 saturated carbocycles. The van der Waals surface area contributed by atoms with E-state index in [1.54, 1.807) is 84.9 Å². The molecule has 1 heterocycles. The van der Waals surface area contributed by atoms with Gasteiger partial charge in [0.2, 0.25) is 0 Å². The van der Waals surface area contributed by atoms with Crippen molar-refractivity contribution in [3.8, 4) is 0 Å². The van der Waals surface area contributed by atoms with Gasteiger partial charge in [-0.3, -0.25) is 0 Å². The van der Waals surface area contributed by atoms with Crippen LogP contribution in [0, 0.1) is 0 Å². The molecule has 1 fully saturated rings. The number of nitrogens with zero attached hydrogens (tertiary/aromatic N) is 1. The minimum absolute atomic E-state index is 0.178. The van der Waals surface area contributed by atoms with Gasteiger partial charge in [-0.1, -0.05) is 72.8 Å². The lowest BCUT2D eigenvalue weighted by molar-refractivity contribution is -0.226. The first-order valence-electron chi connectivity index (χ1n) is 14.2. The molecule has 0 aromatic heterocycles. The molecule has 5 atom stereocenters. The molecule has 10 nitrogen and oxygen atoms in total. The van der Waals surface area contributed by atoms with Gasteiger partial charge in [-0.2, -0.15) is 4.99 Å². The number of aliphatic imine (C=N–C) groups is 1. The zero-order valence-electron chi connectivity index (χ0n) is 24.2. The maximum Gasteiger partial charge on any atom is 0.338 e. The fraction of sp³-hybridized carbons (Fsp3) is 0.171. The van der Waals surface area contributed by atoms with Gasteiger partial charge in [-0.05, 0) is 60.7 Å². The monoisotopic (exact) mass is 637 g/mol. The van der Waals surface area contributed by atoms with E-state index >= 15 is 0 Å². The molecule has 46 heavy (non-hydrogen) atoms. The molecule has 0 N–H and O–H groups in total. The molecule has 11 heteroatoms. The van der Waals surface area contributed by atoms with Gasteiger partial charge in [0.05, 0.1) is 27.4 Å². The minimum atomic E-state index is -1.50. The van der Waals surface area contributed by atoms with Crippen molar-refractivity contribution in [1.29, 1.82) is 0 Å². The van der Waals surface area contributed by atoms with E-state index in [1.807, 2.05) is 0 Å². The largest absolute Gasteiger partial charge is 0.459 e. The lowest BCUT2D eigenvalue weighted by atomic mass is 9.97. The smallest absolute Gasteiger partial charge is 0.338 e. The van der Waals surface area contributed by atoms with Crippen LogP contribution in [0.15, 0.2) is 126 Å². The molecular formula is C35H27NO9S. The molecule has 1 aliphatic rings. The Morgan fingerprint density at radius 1 is 0.565 bits per heavy atom. The second-order valence-electron chi connectivity index (χ2n) is 9.96. The van der Waals surface area contributed by atoms with Crippen molar-refractivity contribution in [3.05, 3.63) is 144 Å². The molecule has 232 valence electrons. The van der Waals surface area contributed by atoms with Crippen molar-refractivity contribution >= 4 is 41.3 Å². The fourth-order valence-corrected chi connectivity index (χ4v) is 4.80. The highest BCUT2D eigenvalue weighted by Crippen LogP contribution is 2.31. The number of thiocarbonyl (C=S) groups is 1. The van der Waals surface area contributed by atoms with E-state index in [1.165, 1.54) is 36.4 Å². The lowest BCUT2D eigenvalue weighted by Crippen LogP contribution is -2.62. The first-order chi connectivity index (χ1) is 22.4. The topological polar surface area (TPSA) is 127 Å². The summed E-state index contributed by atoms with van der Waals surface area (Å²) in [5, 5.41) is 2.21. The molecule has 1 aliphatic heterocycles. The Morgan fingerprint density at radius 3 is 1.35 bits per heavy atom. The summed E-state index contributed by atoms with van der Waals surface area (Å²) in [6.07, 6.45) is -7.05. The van der Waals surface area contributed by atoms with Crippen molar-refractivity contribution in [2.75, 3.05) is 6.61 Å². The first kappa shape index (κ1) is 31.9. The van der Waals surface area contributed by atoms with Gasteiger partial charge in [0.25, 0.3) is 0 Å². The summed E-state index contributed by atoms with van der Waals surface area (Å²) >= 11 is 4.85. The van der Waals surface area contributed by atoms with E-state index in [0.717, 1.165) is 0 Å². The molecule has 4 aromatic rings. The van der Waals surface area contributed by atoms with Crippen molar-refractivity contribution in [2.24, 2.45) is 4.99 Å². The Balaban J connectivity index is 1.53. The van der Waals surface area contributed by atoms with E-state index in [2.05, 4.69) is 10.2 Å². The molecule has 0 radical (unpaired) electrons. The van der Waals surface area contributed by atoms with Crippen LogP contribution in [0.4, 0.5) is 0 Å². The molecule has 4 aromatic carbocycles. The zero-order chi connectivity index (χ0) is 32.3. The third-order valence-corrected chi connectivity index (χ3v) is 7.04. The highest BCUT2D eigenvalue weighted by atomic mass is 32.1. The Morgan fingerprint density at radius 2 is 0.935 bits per heavy atom. The highest BCUT2D eigenvalue weighted by molar-refractivity contribution is 7.78. The molecule has 0 unspecified atom stereocenters. The third-order valence-electron chi connectivity index (χ3n) is 6.94. The van der Waals surface area contributed by atoms with E-state index in [4.69, 9.17) is 35.9 Å². The van der Waals surface area contributed by atoms with Gasteiger partial charge in [0.15, 0.2) is 24.5 Å². The number of carbonyl (C=O) groups excluding carboxylic acids is 4. The predicted molar refractivity (Wildman–Crippen MR) is 167 cm³/mol. The standard InChI is InChI=1S/C35H27NO9S/c37-32(23-13-5-1-6-14-23)41-21-27-28(43-33(38)24-15-7-2-8-16-24)29(44-34(39)25-17-9-3-10-18-25)30(31(42-27)36-22-46)45-35(40)26-19-11-4-12-20-26/h1-20,27-31H,21H2/t27-,28-,29+,30+,31+/m1/s1. The number of esters is 4. The average molecular weight is 638 g/mol. The Bertz CT molecular complexity index is 1700. The van der Waals surface area contributed by atoms with Crippen LogP contribution >= 0.6 is 12.2 Å². The van der Waals surface area contributed by atoms with Crippen molar-refractivity contribution < 1.29 is 42.9 Å². The quantitative estimate of drug-likeness (QED) is 0.0972. The summed E-state index contributed by atoms with van der Waals surface area (Å²) in [4.78, 5) is 57.0. The minimum Gasteiger partial charge on any atom is -0.459 e. The van der Waals surface area contributed by atoms with Crippen molar-refractivity contribution in [3.63, 3.8) is 0 Å². The summed E-state index contributed by atoms with van der Waals surface area (Å²) in [6, 6.07) is 32.5. The maximum atomic E-state index is 13.4. The molecular weight excluding hydrogens is 610 g/mol. The van der Waals surface area contributed by atoms with Crippen LogP contribution in [0.2, 0.25) is 0 Å². The van der Waals surface area contributed by atoms with Gasteiger partial charge in [-0.25, -0.2) is 19.2 Å². The number of rotatable bonds is 10. The zero-order valence-corrected chi connectivity index (χ0v) is 25.0. The van der Waals surface area contributed by atoms with E-state index in [-0.39, 0.29) is 22.3 Å². The van der Waals surface area contributed by atoms with Crippen LogP contribution < -0.4 is 0 Å². The van der Waals surface area contributed by atoms with Crippen molar-refractivity contribution in [2.45, 2.75) is 30.6 Å². The second kappa shape index (κ2) is 15.5. The van der Waals surface area contributed by atoms with Crippen LogP contribution in [0.3, 0.4) is 0 Å². The molecule has 0 amide bonds. The summed E-state index contributed by atoms with van der Waals surface area (Å²) in [5.41, 5.74) is 0.827.